The normalized spacial score (nSPS) is 11.1. The van der Waals surface area contributed by atoms with Gasteiger partial charge in [0.2, 0.25) is 0 Å². The van der Waals surface area contributed by atoms with Crippen LogP contribution < -0.4 is 5.73 Å². The lowest BCUT2D eigenvalue weighted by Crippen LogP contribution is -1.96. The van der Waals surface area contributed by atoms with Gasteiger partial charge in [-0.05, 0) is 23.1 Å². The van der Waals surface area contributed by atoms with E-state index in [1.807, 2.05) is 12.2 Å². The number of rotatable bonds is 5. The smallest absolute Gasteiger partial charge is 0.0178 e. The Bertz CT molecular complexity index is 357. The van der Waals surface area contributed by atoms with Crippen LogP contribution in [-0.4, -0.2) is 0 Å². The Kier molecular flexibility index (Phi) is 4.58. The molecule has 1 rings (SSSR count). The molecule has 0 amide bonds. The van der Waals surface area contributed by atoms with Crippen molar-refractivity contribution in [3.05, 3.63) is 72.4 Å². The number of hydrogen-bond acceptors (Lipinski definition) is 1. The molecule has 0 radical (unpaired) electrons. The van der Waals surface area contributed by atoms with Crippen molar-refractivity contribution in [1.29, 1.82) is 0 Å². The number of allylic oxidation sites excluding steroid dienone is 4. The molecule has 0 unspecified atom stereocenters. The molecule has 0 atom stereocenters. The van der Waals surface area contributed by atoms with Gasteiger partial charge in [0.05, 0.1) is 0 Å². The van der Waals surface area contributed by atoms with Crippen LogP contribution in [0.2, 0.25) is 0 Å². The highest BCUT2D eigenvalue weighted by atomic mass is 14.5. The van der Waals surface area contributed by atoms with Crippen LogP contribution in [0.15, 0.2) is 61.2 Å². The molecule has 0 aromatic heterocycles. The summed E-state index contributed by atoms with van der Waals surface area (Å²) in [7, 11) is 0. The molecule has 0 saturated carbocycles. The monoisotopic (exact) mass is 199 g/mol. The maximum atomic E-state index is 5.53. The van der Waals surface area contributed by atoms with Crippen LogP contribution in [0.4, 0.5) is 0 Å². The van der Waals surface area contributed by atoms with Gasteiger partial charge in [0, 0.05) is 6.54 Å². The highest BCUT2D eigenvalue weighted by molar-refractivity contribution is 5.31. The molecule has 0 spiro atoms. The minimum atomic E-state index is 0.594. The molecule has 0 heterocycles. The Balaban J connectivity index is 2.75. The predicted molar refractivity (Wildman–Crippen MR) is 66.5 cm³/mol. The Morgan fingerprint density at radius 2 is 1.73 bits per heavy atom. The predicted octanol–water partition coefficient (Wildman–Crippen LogP) is 2.99. The van der Waals surface area contributed by atoms with Crippen molar-refractivity contribution in [2.75, 3.05) is 0 Å². The summed E-state index contributed by atoms with van der Waals surface area (Å²) in [5.74, 6) is 0. The molecule has 1 heteroatoms. The van der Waals surface area contributed by atoms with Crippen molar-refractivity contribution < 1.29 is 0 Å². The van der Waals surface area contributed by atoms with Gasteiger partial charge in [-0.1, -0.05) is 55.7 Å². The Morgan fingerprint density at radius 1 is 1.13 bits per heavy atom. The van der Waals surface area contributed by atoms with Gasteiger partial charge in [-0.15, -0.1) is 0 Å². The fourth-order valence-corrected chi connectivity index (χ4v) is 1.38. The maximum absolute atomic E-state index is 5.53. The number of hydrogen-bond donors (Lipinski definition) is 1. The average Bonchev–Trinajstić information content (AvgIpc) is 2.29. The summed E-state index contributed by atoms with van der Waals surface area (Å²) >= 11 is 0. The van der Waals surface area contributed by atoms with E-state index in [0.717, 1.165) is 12.0 Å². The van der Waals surface area contributed by atoms with Crippen LogP contribution in [0.1, 0.15) is 11.1 Å². The summed E-state index contributed by atoms with van der Waals surface area (Å²) in [6, 6.07) is 8.32. The van der Waals surface area contributed by atoms with Gasteiger partial charge in [-0.2, -0.15) is 0 Å². The van der Waals surface area contributed by atoms with Crippen LogP contribution in [0.3, 0.4) is 0 Å². The zero-order valence-electron chi connectivity index (χ0n) is 8.95. The third-order valence-corrected chi connectivity index (χ3v) is 2.26. The Hall–Kier alpha value is -1.60. The van der Waals surface area contributed by atoms with Crippen LogP contribution in [-0.2, 0) is 13.0 Å². The maximum Gasteiger partial charge on any atom is 0.0178 e. The minimum absolute atomic E-state index is 0.594. The van der Waals surface area contributed by atoms with Gasteiger partial charge in [-0.25, -0.2) is 0 Å². The third-order valence-electron chi connectivity index (χ3n) is 2.26. The first-order valence-corrected chi connectivity index (χ1v) is 5.02. The molecule has 0 aliphatic rings. The molecule has 1 nitrogen and oxygen atoms in total. The molecule has 0 aliphatic carbocycles. The van der Waals surface area contributed by atoms with Crippen molar-refractivity contribution in [3.8, 4) is 0 Å². The molecule has 1 aromatic carbocycles. The van der Waals surface area contributed by atoms with E-state index in [-0.39, 0.29) is 0 Å². The second-order valence-corrected chi connectivity index (χ2v) is 3.38. The lowest BCUT2D eigenvalue weighted by molar-refractivity contribution is 1.06. The molecular formula is C14H17N. The van der Waals surface area contributed by atoms with E-state index in [1.165, 1.54) is 11.1 Å². The quantitative estimate of drug-likeness (QED) is 0.725. The average molecular weight is 199 g/mol. The van der Waals surface area contributed by atoms with E-state index in [0.29, 0.717) is 6.54 Å². The molecule has 0 fully saturated rings. The molecule has 0 saturated heterocycles. The summed E-state index contributed by atoms with van der Waals surface area (Å²) < 4.78 is 0. The summed E-state index contributed by atoms with van der Waals surface area (Å²) in [6.45, 7) is 8.04. The Labute approximate surface area is 91.6 Å². The van der Waals surface area contributed by atoms with Crippen molar-refractivity contribution >= 4 is 0 Å². The summed E-state index contributed by atoms with van der Waals surface area (Å²) in [5, 5.41) is 0. The second-order valence-electron chi connectivity index (χ2n) is 3.38. The van der Waals surface area contributed by atoms with Gasteiger partial charge < -0.3 is 5.73 Å². The molecule has 0 aliphatic heterocycles. The van der Waals surface area contributed by atoms with Gasteiger partial charge in [0.1, 0.15) is 0 Å². The van der Waals surface area contributed by atoms with E-state index in [9.17, 15) is 0 Å². The molecule has 1 aromatic rings. The van der Waals surface area contributed by atoms with Crippen molar-refractivity contribution in [1.82, 2.24) is 0 Å². The third kappa shape index (κ3) is 3.56. The van der Waals surface area contributed by atoms with Crippen molar-refractivity contribution in [3.63, 3.8) is 0 Å². The second kappa shape index (κ2) is 5.99. The first-order valence-electron chi connectivity index (χ1n) is 5.02. The van der Waals surface area contributed by atoms with Crippen molar-refractivity contribution in [2.24, 2.45) is 5.73 Å². The zero-order chi connectivity index (χ0) is 11.1. The lowest BCUT2D eigenvalue weighted by Gasteiger charge is -2.03. The SMILES string of the molecule is C=C/C=C(\C=C)Cc1ccc(CN)cc1. The largest absolute Gasteiger partial charge is 0.326 e. The fraction of sp³-hybridized carbons (Fsp3) is 0.143. The highest BCUT2D eigenvalue weighted by Crippen LogP contribution is 2.10. The van der Waals surface area contributed by atoms with Crippen LogP contribution >= 0.6 is 0 Å². The van der Waals surface area contributed by atoms with Crippen LogP contribution in [0.5, 0.6) is 0 Å². The zero-order valence-corrected chi connectivity index (χ0v) is 8.95. The molecule has 15 heavy (non-hydrogen) atoms. The van der Waals surface area contributed by atoms with Gasteiger partial charge in [0.15, 0.2) is 0 Å². The van der Waals surface area contributed by atoms with Crippen molar-refractivity contribution in [2.45, 2.75) is 13.0 Å². The standard InChI is InChI=1S/C14H17N/c1-3-5-12(4-2)10-13-6-8-14(11-15)9-7-13/h3-9H,1-2,10-11,15H2/b12-5+. The van der Waals surface area contributed by atoms with E-state index in [4.69, 9.17) is 5.73 Å². The molecule has 78 valence electrons. The van der Waals surface area contributed by atoms with E-state index in [2.05, 4.69) is 37.4 Å². The first-order chi connectivity index (χ1) is 7.30. The molecular weight excluding hydrogens is 182 g/mol. The molecule has 0 bridgehead atoms. The van der Waals surface area contributed by atoms with Gasteiger partial charge in [-0.3, -0.25) is 0 Å². The topological polar surface area (TPSA) is 26.0 Å². The summed E-state index contributed by atoms with van der Waals surface area (Å²) in [4.78, 5) is 0. The number of benzene rings is 1. The van der Waals surface area contributed by atoms with Crippen LogP contribution in [0, 0.1) is 0 Å². The first kappa shape index (κ1) is 11.5. The van der Waals surface area contributed by atoms with E-state index >= 15 is 0 Å². The van der Waals surface area contributed by atoms with Crippen LogP contribution in [0.25, 0.3) is 0 Å². The fourth-order valence-electron chi connectivity index (χ4n) is 1.38. The number of nitrogens with two attached hydrogens (primary N) is 1. The van der Waals surface area contributed by atoms with Gasteiger partial charge in [0.25, 0.3) is 0 Å². The summed E-state index contributed by atoms with van der Waals surface area (Å²) in [6.07, 6.45) is 6.51. The molecule has 2 N–H and O–H groups in total. The van der Waals surface area contributed by atoms with E-state index in [1.54, 1.807) is 6.08 Å². The highest BCUT2D eigenvalue weighted by Gasteiger charge is 1.95. The minimum Gasteiger partial charge on any atom is -0.326 e. The summed E-state index contributed by atoms with van der Waals surface area (Å²) in [5.41, 5.74) is 9.13. The van der Waals surface area contributed by atoms with Gasteiger partial charge >= 0.3 is 0 Å². The Morgan fingerprint density at radius 3 is 2.20 bits per heavy atom. The van der Waals surface area contributed by atoms with E-state index < -0.39 is 0 Å². The lowest BCUT2D eigenvalue weighted by atomic mass is 10.0.